The number of nitrogens with one attached hydrogen (secondary N) is 1. The van der Waals surface area contributed by atoms with E-state index >= 15 is 0 Å². The quantitative estimate of drug-likeness (QED) is 0.351. The largest absolute Gasteiger partial charge is 0.497 e. The van der Waals surface area contributed by atoms with Crippen LogP contribution in [0.15, 0.2) is 73.1 Å². The highest BCUT2D eigenvalue weighted by Crippen LogP contribution is 2.30. The summed E-state index contributed by atoms with van der Waals surface area (Å²) in [5.41, 5.74) is 2.45. The first-order valence-electron chi connectivity index (χ1n) is 11.0. The Labute approximate surface area is 202 Å². The van der Waals surface area contributed by atoms with E-state index in [0.717, 1.165) is 5.52 Å². The zero-order valence-corrected chi connectivity index (χ0v) is 19.5. The van der Waals surface area contributed by atoms with Crippen molar-refractivity contribution in [2.45, 2.75) is 12.6 Å². The molecule has 4 rings (SSSR count). The molecule has 0 aliphatic rings. The molecule has 0 radical (unpaired) electrons. The lowest BCUT2D eigenvalue weighted by molar-refractivity contribution is -0.127. The van der Waals surface area contributed by atoms with Crippen LogP contribution in [-0.4, -0.2) is 59.2 Å². The van der Waals surface area contributed by atoms with Crippen LogP contribution in [0, 0.1) is 0 Å². The van der Waals surface area contributed by atoms with Gasteiger partial charge in [0.25, 0.3) is 0 Å². The molecule has 4 aromatic rings. The number of aromatic nitrogens is 4. The number of carbonyl (C=O) groups is 2. The third-order valence-corrected chi connectivity index (χ3v) is 5.42. The van der Waals surface area contributed by atoms with Gasteiger partial charge in [0.2, 0.25) is 11.8 Å². The van der Waals surface area contributed by atoms with E-state index in [9.17, 15) is 9.59 Å². The summed E-state index contributed by atoms with van der Waals surface area (Å²) in [5.74, 6) is -0.155. The summed E-state index contributed by atoms with van der Waals surface area (Å²) in [6.45, 7) is 0.502. The molecule has 2 heterocycles. The predicted octanol–water partition coefficient (Wildman–Crippen LogP) is 2.37. The Balaban J connectivity index is 1.77. The second-order valence-corrected chi connectivity index (χ2v) is 7.67. The molecule has 0 unspecified atom stereocenters. The molecule has 2 aromatic carbocycles. The minimum Gasteiger partial charge on any atom is -0.497 e. The molecule has 2 aromatic heterocycles. The standard InChI is InChI=1S/C25H26N6O4/c1-34-14-13-27-25(33)24(18-7-5-9-20(15-18)35-2)31(19-8-6-12-26-16-19)23(32)17-30-22-11-4-3-10-21(22)28-29-30/h3-12,15-16,24H,13-14,17H2,1-2H3,(H,27,33)/t24-/m1/s1. The Hall–Kier alpha value is -4.31. The number of benzene rings is 2. The molecule has 0 saturated heterocycles. The lowest BCUT2D eigenvalue weighted by Gasteiger charge is -2.31. The molecular weight excluding hydrogens is 448 g/mol. The van der Waals surface area contributed by atoms with E-state index in [0.29, 0.717) is 35.7 Å². The highest BCUT2D eigenvalue weighted by molar-refractivity contribution is 6.01. The van der Waals surface area contributed by atoms with Gasteiger partial charge in [0, 0.05) is 19.9 Å². The maximum absolute atomic E-state index is 13.8. The normalized spacial score (nSPS) is 11.7. The van der Waals surface area contributed by atoms with Crippen LogP contribution < -0.4 is 15.0 Å². The molecule has 1 atom stereocenters. The van der Waals surface area contributed by atoms with Crippen molar-refractivity contribution in [2.24, 2.45) is 0 Å². The SMILES string of the molecule is COCCNC(=O)[C@@H](c1cccc(OC)c1)N(C(=O)Cn1nnc2ccccc21)c1cccnc1. The van der Waals surface area contributed by atoms with Gasteiger partial charge in [-0.05, 0) is 42.0 Å². The van der Waals surface area contributed by atoms with E-state index in [4.69, 9.17) is 9.47 Å². The Morgan fingerprint density at radius 3 is 2.71 bits per heavy atom. The molecule has 0 saturated carbocycles. The summed E-state index contributed by atoms with van der Waals surface area (Å²) in [7, 11) is 3.10. The number of amides is 2. The zero-order chi connectivity index (χ0) is 24.6. The van der Waals surface area contributed by atoms with Gasteiger partial charge in [-0.15, -0.1) is 5.10 Å². The van der Waals surface area contributed by atoms with Gasteiger partial charge in [-0.1, -0.05) is 29.5 Å². The summed E-state index contributed by atoms with van der Waals surface area (Å²) in [6.07, 6.45) is 3.16. The molecule has 0 aliphatic carbocycles. The molecule has 35 heavy (non-hydrogen) atoms. The van der Waals surface area contributed by atoms with E-state index in [1.54, 1.807) is 63.0 Å². The first-order valence-corrected chi connectivity index (χ1v) is 11.0. The van der Waals surface area contributed by atoms with Crippen LogP contribution in [0.5, 0.6) is 5.75 Å². The molecule has 10 nitrogen and oxygen atoms in total. The number of nitrogens with zero attached hydrogens (tertiary/aromatic N) is 5. The Bertz CT molecular complexity index is 1290. The Morgan fingerprint density at radius 1 is 1.09 bits per heavy atom. The molecular formula is C25H26N6O4. The summed E-state index contributed by atoms with van der Waals surface area (Å²) < 4.78 is 12.0. The second kappa shape index (κ2) is 11.2. The van der Waals surface area contributed by atoms with E-state index in [1.807, 2.05) is 24.3 Å². The molecule has 180 valence electrons. The van der Waals surface area contributed by atoms with Crippen LogP contribution in [0.2, 0.25) is 0 Å². The van der Waals surface area contributed by atoms with Gasteiger partial charge in [-0.2, -0.15) is 0 Å². The lowest BCUT2D eigenvalue weighted by Crippen LogP contribution is -2.46. The van der Waals surface area contributed by atoms with Crippen molar-refractivity contribution >= 4 is 28.5 Å². The number of pyridine rings is 1. The van der Waals surface area contributed by atoms with E-state index in [1.165, 1.54) is 9.58 Å². The van der Waals surface area contributed by atoms with Crippen LogP contribution in [0.25, 0.3) is 11.0 Å². The van der Waals surface area contributed by atoms with Crippen molar-refractivity contribution in [3.8, 4) is 5.75 Å². The van der Waals surface area contributed by atoms with Gasteiger partial charge in [0.05, 0.1) is 31.1 Å². The Morgan fingerprint density at radius 2 is 1.94 bits per heavy atom. The average molecular weight is 475 g/mol. The van der Waals surface area contributed by atoms with Crippen LogP contribution in [0.3, 0.4) is 0 Å². The highest BCUT2D eigenvalue weighted by atomic mass is 16.5. The van der Waals surface area contributed by atoms with Gasteiger partial charge >= 0.3 is 0 Å². The number of fused-ring (bicyclic) bond motifs is 1. The fourth-order valence-electron chi connectivity index (χ4n) is 3.77. The number of anilines is 1. The smallest absolute Gasteiger partial charge is 0.249 e. The summed E-state index contributed by atoms with van der Waals surface area (Å²) in [5, 5.41) is 11.1. The number of carbonyl (C=O) groups excluding carboxylic acids is 2. The van der Waals surface area contributed by atoms with Crippen molar-refractivity contribution in [1.29, 1.82) is 0 Å². The fraction of sp³-hybridized carbons (Fsp3) is 0.240. The first-order chi connectivity index (χ1) is 17.1. The molecule has 0 fully saturated rings. The number of para-hydroxylation sites is 1. The van der Waals surface area contributed by atoms with E-state index in [2.05, 4.69) is 20.6 Å². The summed E-state index contributed by atoms with van der Waals surface area (Å²) in [6, 6.07) is 16.9. The van der Waals surface area contributed by atoms with Crippen LogP contribution in [0.1, 0.15) is 11.6 Å². The van der Waals surface area contributed by atoms with Crippen LogP contribution in [-0.2, 0) is 20.9 Å². The second-order valence-electron chi connectivity index (χ2n) is 7.67. The highest BCUT2D eigenvalue weighted by Gasteiger charge is 2.33. The van der Waals surface area contributed by atoms with Crippen molar-refractivity contribution in [3.63, 3.8) is 0 Å². The van der Waals surface area contributed by atoms with Crippen molar-refractivity contribution < 1.29 is 19.1 Å². The van der Waals surface area contributed by atoms with E-state index < -0.39 is 6.04 Å². The third-order valence-electron chi connectivity index (χ3n) is 5.42. The molecule has 0 bridgehead atoms. The monoisotopic (exact) mass is 474 g/mol. The molecule has 1 N–H and O–H groups in total. The van der Waals surface area contributed by atoms with Crippen molar-refractivity contribution in [3.05, 3.63) is 78.6 Å². The molecule has 2 amide bonds. The molecule has 0 spiro atoms. The average Bonchev–Trinajstić information content (AvgIpc) is 3.30. The summed E-state index contributed by atoms with van der Waals surface area (Å²) in [4.78, 5) is 32.9. The number of hydrogen-bond acceptors (Lipinski definition) is 7. The third kappa shape index (κ3) is 5.44. The van der Waals surface area contributed by atoms with Gasteiger partial charge in [0.15, 0.2) is 0 Å². The topological polar surface area (TPSA) is 111 Å². The fourth-order valence-corrected chi connectivity index (χ4v) is 3.77. The maximum atomic E-state index is 13.8. The van der Waals surface area contributed by atoms with Gasteiger partial charge in [-0.3, -0.25) is 19.5 Å². The molecule has 0 aliphatic heterocycles. The predicted molar refractivity (Wildman–Crippen MR) is 130 cm³/mol. The van der Waals surface area contributed by atoms with Crippen LogP contribution in [0.4, 0.5) is 5.69 Å². The lowest BCUT2D eigenvalue weighted by atomic mass is 10.0. The minimum absolute atomic E-state index is 0.124. The number of hydrogen-bond donors (Lipinski definition) is 1. The zero-order valence-electron chi connectivity index (χ0n) is 19.5. The minimum atomic E-state index is -0.992. The van der Waals surface area contributed by atoms with Gasteiger partial charge < -0.3 is 14.8 Å². The van der Waals surface area contributed by atoms with Gasteiger partial charge in [0.1, 0.15) is 23.9 Å². The Kier molecular flexibility index (Phi) is 7.63. The van der Waals surface area contributed by atoms with Crippen molar-refractivity contribution in [1.82, 2.24) is 25.3 Å². The van der Waals surface area contributed by atoms with E-state index in [-0.39, 0.29) is 18.4 Å². The van der Waals surface area contributed by atoms with Gasteiger partial charge in [-0.25, -0.2) is 4.68 Å². The summed E-state index contributed by atoms with van der Waals surface area (Å²) >= 11 is 0. The molecule has 10 heteroatoms. The number of methoxy groups -OCH3 is 2. The maximum Gasteiger partial charge on any atom is 0.249 e. The number of rotatable bonds is 10. The van der Waals surface area contributed by atoms with Crippen LogP contribution >= 0.6 is 0 Å². The number of ether oxygens (including phenoxy) is 2. The first kappa shape index (κ1) is 23.8. The van der Waals surface area contributed by atoms with Crippen molar-refractivity contribution in [2.75, 3.05) is 32.3 Å².